The number of oxime groups is 1. The van der Waals surface area contributed by atoms with Gasteiger partial charge in [0.05, 0.1) is 17.3 Å². The van der Waals surface area contributed by atoms with E-state index in [4.69, 9.17) is 14.3 Å². The molecule has 3 rings (SSSR count). The van der Waals surface area contributed by atoms with Gasteiger partial charge in [-0.25, -0.2) is 9.48 Å². The van der Waals surface area contributed by atoms with Gasteiger partial charge >= 0.3 is 12.1 Å². The smallest absolute Gasteiger partial charge is 0.435 e. The molecule has 186 valence electrons. The van der Waals surface area contributed by atoms with Crippen LogP contribution in [0, 0.1) is 0 Å². The molecule has 0 radical (unpaired) electrons. The van der Waals surface area contributed by atoms with Crippen molar-refractivity contribution in [1.29, 1.82) is 0 Å². The van der Waals surface area contributed by atoms with E-state index in [-0.39, 0.29) is 18.1 Å². The normalized spacial score (nSPS) is 12.1. The number of carbonyl (C=O) groups is 1. The van der Waals surface area contributed by atoms with Gasteiger partial charge in [0.25, 0.3) is 0 Å². The van der Waals surface area contributed by atoms with Gasteiger partial charge in [0, 0.05) is 7.05 Å². The van der Waals surface area contributed by atoms with E-state index in [0.29, 0.717) is 23.3 Å². The molecule has 1 heterocycles. The highest BCUT2D eigenvalue weighted by Crippen LogP contribution is 2.36. The summed E-state index contributed by atoms with van der Waals surface area (Å²) in [4.78, 5) is 17.4. The third-order valence-corrected chi connectivity index (χ3v) is 5.15. The van der Waals surface area contributed by atoms with Crippen molar-refractivity contribution >= 4 is 12.2 Å². The molecule has 0 aliphatic rings. The van der Waals surface area contributed by atoms with Crippen LogP contribution in [-0.2, 0) is 29.4 Å². The molecular weight excluding hydrogens is 463 g/mol. The zero-order valence-corrected chi connectivity index (χ0v) is 19.8. The lowest BCUT2D eigenvalue weighted by Crippen LogP contribution is -2.27. The van der Waals surface area contributed by atoms with Gasteiger partial charge in [-0.15, -0.1) is 0 Å². The molecule has 0 atom stereocenters. The molecule has 10 heteroatoms. The number of rotatable bonds is 9. The van der Waals surface area contributed by atoms with Crippen molar-refractivity contribution in [2.24, 2.45) is 12.2 Å². The maximum atomic E-state index is 13.5. The van der Waals surface area contributed by atoms with Gasteiger partial charge in [0.15, 0.2) is 5.69 Å². The molecule has 7 nitrogen and oxygen atoms in total. The van der Waals surface area contributed by atoms with Gasteiger partial charge in [-0.3, -0.25) is 0 Å². The Hall–Kier alpha value is -3.82. The first-order valence-electron chi connectivity index (χ1n) is 10.8. The van der Waals surface area contributed by atoms with E-state index in [9.17, 15) is 18.0 Å². The topological polar surface area (TPSA) is 74.9 Å². The molecule has 35 heavy (non-hydrogen) atoms. The third kappa shape index (κ3) is 6.84. The zero-order valence-electron chi connectivity index (χ0n) is 19.8. The Morgan fingerprint density at radius 2 is 1.74 bits per heavy atom. The molecule has 0 N–H and O–H groups in total. The van der Waals surface area contributed by atoms with Gasteiger partial charge in [0.2, 0.25) is 5.88 Å². The van der Waals surface area contributed by atoms with Crippen LogP contribution in [0.25, 0.3) is 0 Å². The molecule has 0 bridgehead atoms. The molecule has 3 aromatic rings. The van der Waals surface area contributed by atoms with Crippen molar-refractivity contribution in [2.45, 2.75) is 45.6 Å². The van der Waals surface area contributed by atoms with Crippen LogP contribution in [0.3, 0.4) is 0 Å². The van der Waals surface area contributed by atoms with Gasteiger partial charge in [-0.2, -0.15) is 18.3 Å². The molecule has 0 unspecified atom stereocenters. The number of hydrogen-bond acceptors (Lipinski definition) is 6. The van der Waals surface area contributed by atoms with Crippen LogP contribution in [0.5, 0.6) is 11.6 Å². The number of aromatic nitrogens is 2. The van der Waals surface area contributed by atoms with Crippen molar-refractivity contribution in [3.63, 3.8) is 0 Å². The number of nitrogens with zero attached hydrogens (tertiary/aromatic N) is 3. The van der Waals surface area contributed by atoms with E-state index in [1.54, 1.807) is 54.6 Å². The van der Waals surface area contributed by atoms with Crippen molar-refractivity contribution in [3.8, 4) is 11.6 Å². The first-order valence-corrected chi connectivity index (χ1v) is 10.8. The van der Waals surface area contributed by atoms with E-state index in [1.165, 1.54) is 7.05 Å². The van der Waals surface area contributed by atoms with Crippen LogP contribution in [0.4, 0.5) is 13.2 Å². The van der Waals surface area contributed by atoms with Crippen molar-refractivity contribution < 1.29 is 32.3 Å². The monoisotopic (exact) mass is 489 g/mol. The molecule has 0 aliphatic carbocycles. The fourth-order valence-corrected chi connectivity index (χ4v) is 2.89. The number of esters is 1. The highest BCUT2D eigenvalue weighted by atomic mass is 19.4. The molecule has 0 amide bonds. The predicted molar refractivity (Wildman–Crippen MR) is 123 cm³/mol. The molecule has 2 aromatic carbocycles. The lowest BCUT2D eigenvalue weighted by atomic mass is 10.1. The summed E-state index contributed by atoms with van der Waals surface area (Å²) in [5.41, 5.74) is -1.03. The summed E-state index contributed by atoms with van der Waals surface area (Å²) >= 11 is 0. The van der Waals surface area contributed by atoms with E-state index < -0.39 is 23.4 Å². The number of carbonyl (C=O) groups excluding carboxylic acids is 1. The Kier molecular flexibility index (Phi) is 7.83. The first-order chi connectivity index (χ1) is 16.5. The number of para-hydroxylation sites is 1. The Morgan fingerprint density at radius 1 is 1.09 bits per heavy atom. The summed E-state index contributed by atoms with van der Waals surface area (Å²) < 4.78 is 52.6. The highest BCUT2D eigenvalue weighted by molar-refractivity contribution is 5.89. The van der Waals surface area contributed by atoms with E-state index in [2.05, 4.69) is 10.3 Å². The molecule has 0 saturated heterocycles. The Balaban J connectivity index is 1.70. The Labute approximate surface area is 201 Å². The molecule has 0 spiro atoms. The summed E-state index contributed by atoms with van der Waals surface area (Å²) in [5.74, 6) is -0.223. The van der Waals surface area contributed by atoms with Crippen molar-refractivity contribution in [2.75, 3.05) is 0 Å². The fourth-order valence-electron chi connectivity index (χ4n) is 2.89. The SMILES string of the molecule is CCC(C)(C)OC(=O)c1ccc(CON=Cc2c(C(F)(F)F)nn(C)c2Oc2ccccc2)cc1. The second-order valence-corrected chi connectivity index (χ2v) is 8.31. The van der Waals surface area contributed by atoms with Crippen LogP contribution in [0.15, 0.2) is 59.8 Å². The van der Waals surface area contributed by atoms with Crippen LogP contribution < -0.4 is 4.74 Å². The summed E-state index contributed by atoms with van der Waals surface area (Å²) in [7, 11) is 1.35. The largest absolute Gasteiger partial charge is 0.456 e. The van der Waals surface area contributed by atoms with Crippen LogP contribution in [0.1, 0.15) is 54.4 Å². The summed E-state index contributed by atoms with van der Waals surface area (Å²) in [6.45, 7) is 5.55. The predicted octanol–water partition coefficient (Wildman–Crippen LogP) is 6.13. The average molecular weight is 489 g/mol. The summed E-state index contributed by atoms with van der Waals surface area (Å²) in [6.07, 6.45) is -3.12. The average Bonchev–Trinajstić information content (AvgIpc) is 3.13. The summed E-state index contributed by atoms with van der Waals surface area (Å²) in [5, 5.41) is 7.24. The number of hydrogen-bond donors (Lipinski definition) is 0. The van der Waals surface area contributed by atoms with Gasteiger partial charge in [-0.1, -0.05) is 42.4 Å². The van der Waals surface area contributed by atoms with Crippen molar-refractivity contribution in [1.82, 2.24) is 9.78 Å². The minimum Gasteiger partial charge on any atom is -0.456 e. The van der Waals surface area contributed by atoms with Crippen LogP contribution >= 0.6 is 0 Å². The number of halogens is 3. The number of aryl methyl sites for hydroxylation is 1. The Bertz CT molecular complexity index is 1170. The van der Waals surface area contributed by atoms with Crippen LogP contribution in [-0.4, -0.2) is 27.6 Å². The van der Waals surface area contributed by atoms with E-state index >= 15 is 0 Å². The molecule has 0 fully saturated rings. The lowest BCUT2D eigenvalue weighted by Gasteiger charge is -2.23. The summed E-state index contributed by atoms with van der Waals surface area (Å²) in [6, 6.07) is 14.9. The highest BCUT2D eigenvalue weighted by Gasteiger charge is 2.39. The van der Waals surface area contributed by atoms with Gasteiger partial charge in [-0.05, 0) is 50.1 Å². The number of ether oxygens (including phenoxy) is 2. The standard InChI is InChI=1S/C25H26F3N3O4/c1-5-24(2,3)35-23(32)18-13-11-17(12-14-18)16-33-29-15-20-21(25(26,27)28)30-31(4)22(20)34-19-9-7-6-8-10-19/h6-15H,5,16H2,1-4H3. The van der Waals surface area contributed by atoms with Crippen LogP contribution in [0.2, 0.25) is 0 Å². The Morgan fingerprint density at radius 3 is 2.34 bits per heavy atom. The maximum Gasteiger partial charge on any atom is 0.435 e. The van der Waals surface area contributed by atoms with E-state index in [0.717, 1.165) is 10.9 Å². The molecule has 0 saturated carbocycles. The first kappa shape index (κ1) is 25.8. The zero-order chi connectivity index (χ0) is 25.6. The van der Waals surface area contributed by atoms with Crippen molar-refractivity contribution in [3.05, 3.63) is 77.0 Å². The lowest BCUT2D eigenvalue weighted by molar-refractivity contribution is -0.141. The molecular formula is C25H26F3N3O4. The molecule has 0 aliphatic heterocycles. The van der Waals surface area contributed by atoms with Gasteiger partial charge < -0.3 is 14.3 Å². The van der Waals surface area contributed by atoms with Gasteiger partial charge in [0.1, 0.15) is 18.0 Å². The third-order valence-electron chi connectivity index (χ3n) is 5.15. The quantitative estimate of drug-likeness (QED) is 0.205. The molecule has 1 aromatic heterocycles. The second kappa shape index (κ2) is 10.6. The number of benzene rings is 2. The number of alkyl halides is 3. The minimum absolute atomic E-state index is 0.0250. The maximum absolute atomic E-state index is 13.5. The second-order valence-electron chi connectivity index (χ2n) is 8.31. The fraction of sp³-hybridized carbons (Fsp3) is 0.320. The minimum atomic E-state index is -4.71. The van der Waals surface area contributed by atoms with E-state index in [1.807, 2.05) is 20.8 Å².